The van der Waals surface area contributed by atoms with Crippen LogP contribution in [0.3, 0.4) is 0 Å². The van der Waals surface area contributed by atoms with Crippen molar-refractivity contribution >= 4 is 40.6 Å². The van der Waals surface area contributed by atoms with E-state index in [0.29, 0.717) is 56.9 Å². The lowest BCUT2D eigenvalue weighted by Gasteiger charge is -2.14. The summed E-state index contributed by atoms with van der Waals surface area (Å²) in [6, 6.07) is 23.4. The van der Waals surface area contributed by atoms with Crippen molar-refractivity contribution in [3.05, 3.63) is 101 Å². The van der Waals surface area contributed by atoms with Crippen LogP contribution in [0.2, 0.25) is 0 Å². The summed E-state index contributed by atoms with van der Waals surface area (Å²) in [4.78, 5) is 25.0. The largest absolute Gasteiger partial charge is 0.493 e. The smallest absolute Gasteiger partial charge is 0.356 e. The minimum Gasteiger partial charge on any atom is -0.493 e. The van der Waals surface area contributed by atoms with E-state index in [0.717, 1.165) is 44.4 Å². The Kier molecular flexibility index (Phi) is 10.9. The molecule has 0 unspecified atom stereocenters. The number of amides is 1. The number of aromatic carboxylic acids is 1. The van der Waals surface area contributed by atoms with Crippen LogP contribution in [0.4, 0.5) is 0 Å². The van der Waals surface area contributed by atoms with Gasteiger partial charge in [0.15, 0.2) is 5.69 Å². The first-order valence-corrected chi connectivity index (χ1v) is 14.4. The Morgan fingerprint density at radius 1 is 0.955 bits per heavy atom. The molecule has 5 rings (SSSR count). The van der Waals surface area contributed by atoms with Gasteiger partial charge in [0.05, 0.1) is 31.0 Å². The lowest BCUT2D eigenvalue weighted by Crippen LogP contribution is -2.28. The van der Waals surface area contributed by atoms with Crippen molar-refractivity contribution in [3.63, 3.8) is 0 Å². The molecule has 3 aromatic carbocycles. The van der Waals surface area contributed by atoms with Gasteiger partial charge in [-0.15, -0.1) is 12.4 Å². The van der Waals surface area contributed by atoms with Gasteiger partial charge in [0.2, 0.25) is 0 Å². The first-order chi connectivity index (χ1) is 20.9. The molecule has 0 fully saturated rings. The van der Waals surface area contributed by atoms with E-state index in [9.17, 15) is 14.7 Å². The second kappa shape index (κ2) is 14.8. The Bertz CT molecular complexity index is 1760. The molecule has 0 saturated heterocycles. The lowest BCUT2D eigenvalue weighted by molar-refractivity contribution is 0.0688. The molecule has 2 heterocycles. The molecular weight excluding hydrogens is 580 g/mol. The molecule has 0 bridgehead atoms. The maximum Gasteiger partial charge on any atom is 0.356 e. The van der Waals surface area contributed by atoms with Gasteiger partial charge in [-0.05, 0) is 73.5 Å². The lowest BCUT2D eigenvalue weighted by atomic mass is 9.96. The van der Waals surface area contributed by atoms with Crippen LogP contribution >= 0.6 is 12.4 Å². The molecule has 4 N–H and O–H groups in total. The van der Waals surface area contributed by atoms with Crippen LogP contribution in [0, 0.1) is 13.8 Å². The first-order valence-electron chi connectivity index (χ1n) is 14.4. The van der Waals surface area contributed by atoms with E-state index in [1.807, 2.05) is 86.6 Å². The number of hydrogen-bond acceptors (Lipinski definition) is 6. The van der Waals surface area contributed by atoms with E-state index in [4.69, 9.17) is 15.2 Å². The molecular formula is C34H37ClN4O5. The van der Waals surface area contributed by atoms with Crippen LogP contribution in [0.5, 0.6) is 5.75 Å². The average Bonchev–Trinajstić information content (AvgIpc) is 3.38. The van der Waals surface area contributed by atoms with E-state index >= 15 is 0 Å². The highest BCUT2D eigenvalue weighted by molar-refractivity contribution is 5.96. The highest BCUT2D eigenvalue weighted by atomic mass is 35.5. The third-order valence-corrected chi connectivity index (χ3v) is 7.39. The van der Waals surface area contributed by atoms with Gasteiger partial charge in [-0.2, -0.15) is 5.10 Å². The molecule has 44 heavy (non-hydrogen) atoms. The van der Waals surface area contributed by atoms with Gasteiger partial charge in [0.1, 0.15) is 5.75 Å². The molecule has 2 aromatic heterocycles. The number of nitrogens with one attached hydrogen (secondary N) is 1. The fraction of sp³-hybridized carbons (Fsp3) is 0.265. The molecule has 230 valence electrons. The van der Waals surface area contributed by atoms with E-state index in [-0.39, 0.29) is 24.0 Å². The fourth-order valence-corrected chi connectivity index (χ4v) is 5.50. The molecule has 0 saturated carbocycles. The quantitative estimate of drug-likeness (QED) is 0.147. The molecule has 0 aliphatic heterocycles. The van der Waals surface area contributed by atoms with Crippen LogP contribution in [0.15, 0.2) is 72.8 Å². The number of nitrogens with zero attached hydrogens (tertiary/aromatic N) is 2. The third kappa shape index (κ3) is 7.02. The Morgan fingerprint density at radius 3 is 2.43 bits per heavy atom. The summed E-state index contributed by atoms with van der Waals surface area (Å²) in [5.74, 6) is -0.454. The van der Waals surface area contributed by atoms with Crippen LogP contribution in [0.25, 0.3) is 27.5 Å². The number of halogens is 1. The maximum absolute atomic E-state index is 12.8. The van der Waals surface area contributed by atoms with Crippen LogP contribution in [-0.2, 0) is 11.2 Å². The second-order valence-electron chi connectivity index (χ2n) is 10.4. The predicted molar refractivity (Wildman–Crippen MR) is 174 cm³/mol. The van der Waals surface area contributed by atoms with Gasteiger partial charge >= 0.3 is 5.97 Å². The summed E-state index contributed by atoms with van der Waals surface area (Å²) in [5.41, 5.74) is 10.8. The van der Waals surface area contributed by atoms with Crippen molar-refractivity contribution in [2.45, 2.75) is 26.7 Å². The van der Waals surface area contributed by atoms with Crippen molar-refractivity contribution < 1.29 is 24.2 Å². The Hall–Kier alpha value is -4.44. The monoisotopic (exact) mass is 616 g/mol. The highest BCUT2D eigenvalue weighted by Gasteiger charge is 2.22. The van der Waals surface area contributed by atoms with Crippen LogP contribution < -0.4 is 15.8 Å². The SMILES string of the molecule is Cc1cc(C(=O)NCCOCCN)cc(C)c1-c1cccc2c(CCCOc3cccc4ccccc34)c(C(=O)O)nn12.Cl. The van der Waals surface area contributed by atoms with Gasteiger partial charge in [-0.25, -0.2) is 9.31 Å². The number of carbonyl (C=O) groups excluding carboxylic acids is 1. The minimum atomic E-state index is -1.07. The van der Waals surface area contributed by atoms with Crippen LogP contribution in [-0.4, -0.2) is 59.5 Å². The van der Waals surface area contributed by atoms with Gasteiger partial charge in [-0.3, -0.25) is 4.79 Å². The van der Waals surface area contributed by atoms with Crippen molar-refractivity contribution in [3.8, 4) is 17.0 Å². The van der Waals surface area contributed by atoms with Gasteiger partial charge in [-0.1, -0.05) is 42.5 Å². The molecule has 0 aliphatic carbocycles. The molecule has 5 aromatic rings. The van der Waals surface area contributed by atoms with Gasteiger partial charge < -0.3 is 25.6 Å². The van der Waals surface area contributed by atoms with Crippen molar-refractivity contribution in [1.29, 1.82) is 0 Å². The molecule has 0 aliphatic rings. The highest BCUT2D eigenvalue weighted by Crippen LogP contribution is 2.31. The molecule has 0 radical (unpaired) electrons. The Morgan fingerprint density at radius 2 is 1.68 bits per heavy atom. The predicted octanol–water partition coefficient (Wildman–Crippen LogP) is 5.61. The number of carbonyl (C=O) groups is 2. The van der Waals surface area contributed by atoms with E-state index in [1.54, 1.807) is 4.52 Å². The van der Waals surface area contributed by atoms with E-state index < -0.39 is 5.97 Å². The molecule has 0 spiro atoms. The number of pyridine rings is 1. The number of hydrogen-bond donors (Lipinski definition) is 3. The zero-order chi connectivity index (χ0) is 30.3. The number of ether oxygens (including phenoxy) is 2. The van der Waals surface area contributed by atoms with E-state index in [2.05, 4.69) is 10.4 Å². The molecule has 10 heteroatoms. The van der Waals surface area contributed by atoms with Gasteiger partial charge in [0, 0.05) is 35.2 Å². The Balaban J connectivity index is 0.00000442. The standard InChI is InChI=1S/C34H36N4O5.ClH/c1-22-20-25(33(39)36-16-19-42-18-15-35)21-23(2)31(22)29-13-6-12-28-27(32(34(40)41)37-38(28)29)11-7-17-43-30-14-5-9-24-8-3-4-10-26(24)30;/h3-6,8-10,12-14,20-21H,7,11,15-19,35H2,1-2H3,(H,36,39)(H,40,41);1H. The number of fused-ring (bicyclic) bond motifs is 2. The summed E-state index contributed by atoms with van der Waals surface area (Å²) in [5, 5.41) is 19.6. The average molecular weight is 617 g/mol. The number of aryl methyl sites for hydroxylation is 3. The number of nitrogens with two attached hydrogens (primary N) is 1. The van der Waals surface area contributed by atoms with Crippen molar-refractivity contribution in [2.24, 2.45) is 5.73 Å². The molecule has 1 amide bonds. The second-order valence-corrected chi connectivity index (χ2v) is 10.4. The number of carboxylic acid groups (broad SMARTS) is 1. The zero-order valence-electron chi connectivity index (χ0n) is 24.8. The first kappa shape index (κ1) is 32.5. The molecule has 9 nitrogen and oxygen atoms in total. The van der Waals surface area contributed by atoms with Gasteiger partial charge in [0.25, 0.3) is 5.91 Å². The summed E-state index contributed by atoms with van der Waals surface area (Å²) in [6.07, 6.45) is 1.11. The number of rotatable bonds is 13. The number of carboxylic acids is 1. The maximum atomic E-state index is 12.8. The van der Waals surface area contributed by atoms with Crippen molar-refractivity contribution in [1.82, 2.24) is 14.9 Å². The third-order valence-electron chi connectivity index (χ3n) is 7.39. The van der Waals surface area contributed by atoms with Crippen molar-refractivity contribution in [2.75, 3.05) is 32.9 Å². The normalized spacial score (nSPS) is 11.0. The number of aromatic nitrogens is 2. The summed E-state index contributed by atoms with van der Waals surface area (Å²) < 4.78 is 13.1. The fourth-order valence-electron chi connectivity index (χ4n) is 5.50. The minimum absolute atomic E-state index is 0. The van der Waals surface area contributed by atoms with E-state index in [1.165, 1.54) is 0 Å². The summed E-state index contributed by atoms with van der Waals surface area (Å²) in [6.45, 7) is 5.98. The summed E-state index contributed by atoms with van der Waals surface area (Å²) >= 11 is 0. The Labute approximate surface area is 262 Å². The number of benzene rings is 3. The van der Waals surface area contributed by atoms with Crippen LogP contribution in [0.1, 0.15) is 44.0 Å². The molecule has 0 atom stereocenters. The topological polar surface area (TPSA) is 128 Å². The summed E-state index contributed by atoms with van der Waals surface area (Å²) in [7, 11) is 0. The zero-order valence-corrected chi connectivity index (χ0v) is 25.7.